The van der Waals surface area contributed by atoms with Gasteiger partial charge in [-0.15, -0.1) is 0 Å². The van der Waals surface area contributed by atoms with Crippen LogP contribution < -0.4 is 10.5 Å². The quantitative estimate of drug-likeness (QED) is 0.763. The van der Waals surface area contributed by atoms with Gasteiger partial charge in [0.2, 0.25) is 0 Å². The number of anilines is 2. The number of benzene rings is 1. The zero-order chi connectivity index (χ0) is 14.0. The minimum absolute atomic E-state index is 0.0963. The highest BCUT2D eigenvalue weighted by molar-refractivity contribution is 14.1. The van der Waals surface area contributed by atoms with Crippen LogP contribution in [0.5, 0.6) is 0 Å². The maximum absolute atomic E-state index is 12.2. The molecule has 0 aliphatic carbocycles. The molecule has 2 rings (SSSR count). The number of aromatic nitrogens is 1. The van der Waals surface area contributed by atoms with Gasteiger partial charge in [0.05, 0.1) is 11.4 Å². The number of hydrogen-bond donors (Lipinski definition) is 2. The number of halogens is 2. The van der Waals surface area contributed by atoms with Crippen LogP contribution in [0, 0.1) is 3.57 Å². The number of rotatable bonds is 3. The van der Waals surface area contributed by atoms with E-state index in [0.29, 0.717) is 14.3 Å². The molecule has 0 atom stereocenters. The first kappa shape index (κ1) is 14.4. The summed E-state index contributed by atoms with van der Waals surface area (Å²) in [5, 5.41) is 0.338. The summed E-state index contributed by atoms with van der Waals surface area (Å²) in [5.41, 5.74) is 6.14. The fourth-order valence-corrected chi connectivity index (χ4v) is 3.72. The zero-order valence-corrected chi connectivity index (χ0v) is 13.2. The minimum Gasteiger partial charge on any atom is -0.396 e. The molecule has 1 heterocycles. The van der Waals surface area contributed by atoms with Gasteiger partial charge in [0.25, 0.3) is 10.0 Å². The standard InChI is InChI=1S/C11H9ClIN3O2S/c12-7-3-4-10(8(13)6-7)16-19(17,18)11-9(14)2-1-5-15-11/h1-6,16H,14H2. The number of nitrogens with zero attached hydrogens (tertiary/aromatic N) is 1. The van der Waals surface area contributed by atoms with Crippen LogP contribution in [0.15, 0.2) is 41.6 Å². The van der Waals surface area contributed by atoms with Crippen molar-refractivity contribution >= 4 is 55.6 Å². The molecule has 5 nitrogen and oxygen atoms in total. The molecule has 100 valence electrons. The highest BCUT2D eigenvalue weighted by atomic mass is 127. The second kappa shape index (κ2) is 5.51. The second-order valence-electron chi connectivity index (χ2n) is 3.63. The van der Waals surface area contributed by atoms with Crippen LogP contribution >= 0.6 is 34.2 Å². The molecule has 0 bridgehead atoms. The van der Waals surface area contributed by atoms with E-state index < -0.39 is 10.0 Å². The molecule has 0 saturated heterocycles. The summed E-state index contributed by atoms with van der Waals surface area (Å²) in [6.07, 6.45) is 1.37. The van der Waals surface area contributed by atoms with E-state index in [4.69, 9.17) is 17.3 Å². The normalized spacial score (nSPS) is 11.3. The Kier molecular flexibility index (Phi) is 4.16. The van der Waals surface area contributed by atoms with Crippen LogP contribution in [0.1, 0.15) is 0 Å². The maximum Gasteiger partial charge on any atom is 0.281 e. The van der Waals surface area contributed by atoms with Crippen LogP contribution in [0.4, 0.5) is 11.4 Å². The monoisotopic (exact) mass is 409 g/mol. The van der Waals surface area contributed by atoms with Crippen LogP contribution in [-0.2, 0) is 10.0 Å². The summed E-state index contributed by atoms with van der Waals surface area (Å²) in [6, 6.07) is 7.89. The molecular formula is C11H9ClIN3O2S. The molecule has 0 radical (unpaired) electrons. The van der Waals surface area contributed by atoms with Gasteiger partial charge < -0.3 is 5.73 Å². The highest BCUT2D eigenvalue weighted by Crippen LogP contribution is 2.25. The van der Waals surface area contributed by atoms with E-state index in [1.165, 1.54) is 12.3 Å². The molecule has 0 spiro atoms. The summed E-state index contributed by atoms with van der Waals surface area (Å²) in [6.45, 7) is 0. The Hall–Kier alpha value is -1.06. The van der Waals surface area contributed by atoms with Crippen molar-refractivity contribution in [1.29, 1.82) is 0 Å². The van der Waals surface area contributed by atoms with Gasteiger partial charge in [-0.2, -0.15) is 8.42 Å². The topological polar surface area (TPSA) is 85.1 Å². The van der Waals surface area contributed by atoms with Crippen LogP contribution in [0.3, 0.4) is 0 Å². The smallest absolute Gasteiger partial charge is 0.281 e. The van der Waals surface area contributed by atoms with Crippen molar-refractivity contribution in [3.63, 3.8) is 0 Å². The molecule has 1 aromatic carbocycles. The zero-order valence-electron chi connectivity index (χ0n) is 9.47. The van der Waals surface area contributed by atoms with Gasteiger partial charge >= 0.3 is 0 Å². The predicted molar refractivity (Wildman–Crippen MR) is 83.6 cm³/mol. The molecule has 8 heteroatoms. The van der Waals surface area contributed by atoms with Crippen molar-refractivity contribution in [1.82, 2.24) is 4.98 Å². The molecule has 19 heavy (non-hydrogen) atoms. The molecule has 2 aromatic rings. The third kappa shape index (κ3) is 3.28. The van der Waals surface area contributed by atoms with Crippen molar-refractivity contribution in [2.24, 2.45) is 0 Å². The molecule has 0 fully saturated rings. The average molecular weight is 410 g/mol. The summed E-state index contributed by atoms with van der Waals surface area (Å²) < 4.78 is 27.5. The Labute approximate surface area is 129 Å². The number of nitrogen functional groups attached to an aromatic ring is 1. The lowest BCUT2D eigenvalue weighted by Gasteiger charge is -2.10. The average Bonchev–Trinajstić information content (AvgIpc) is 2.33. The van der Waals surface area contributed by atoms with Crippen LogP contribution in [0.2, 0.25) is 5.02 Å². The van der Waals surface area contributed by atoms with Gasteiger partial charge in [0.1, 0.15) is 0 Å². The predicted octanol–water partition coefficient (Wildman–Crippen LogP) is 2.72. The lowest BCUT2D eigenvalue weighted by molar-refractivity contribution is 0.598. The molecule has 0 amide bonds. The number of hydrogen-bond acceptors (Lipinski definition) is 4. The van der Waals surface area contributed by atoms with Crippen LogP contribution in [0.25, 0.3) is 0 Å². The Morgan fingerprint density at radius 3 is 2.68 bits per heavy atom. The van der Waals surface area contributed by atoms with E-state index >= 15 is 0 Å². The minimum atomic E-state index is -3.81. The SMILES string of the molecule is Nc1cccnc1S(=O)(=O)Nc1ccc(Cl)cc1I. The largest absolute Gasteiger partial charge is 0.396 e. The van der Waals surface area contributed by atoms with Crippen molar-refractivity contribution in [2.45, 2.75) is 5.03 Å². The third-order valence-corrected chi connectivity index (χ3v) is 4.70. The molecule has 0 saturated carbocycles. The van der Waals surface area contributed by atoms with Gasteiger partial charge in [0, 0.05) is 14.8 Å². The summed E-state index contributed by atoms with van der Waals surface area (Å²) in [4.78, 5) is 3.79. The van der Waals surface area contributed by atoms with Crippen molar-refractivity contribution in [3.05, 3.63) is 45.1 Å². The Bertz CT molecular complexity index is 722. The van der Waals surface area contributed by atoms with E-state index in [-0.39, 0.29) is 10.7 Å². The molecule has 0 aliphatic heterocycles. The van der Waals surface area contributed by atoms with Crippen LogP contribution in [-0.4, -0.2) is 13.4 Å². The van der Waals surface area contributed by atoms with Crippen molar-refractivity contribution in [2.75, 3.05) is 10.5 Å². The van der Waals surface area contributed by atoms with Crippen molar-refractivity contribution in [3.8, 4) is 0 Å². The fourth-order valence-electron chi connectivity index (χ4n) is 1.39. The van der Waals surface area contributed by atoms with E-state index in [2.05, 4.69) is 9.71 Å². The number of pyridine rings is 1. The van der Waals surface area contributed by atoms with E-state index in [0.717, 1.165) is 0 Å². The molecular weight excluding hydrogens is 401 g/mol. The van der Waals surface area contributed by atoms with Gasteiger partial charge in [0.15, 0.2) is 5.03 Å². The van der Waals surface area contributed by atoms with E-state index in [1.807, 2.05) is 22.6 Å². The summed E-state index contributed by atoms with van der Waals surface area (Å²) in [7, 11) is -3.81. The number of nitrogens with two attached hydrogens (primary N) is 1. The Balaban J connectivity index is 2.40. The number of nitrogens with one attached hydrogen (secondary N) is 1. The second-order valence-corrected chi connectivity index (χ2v) is 6.82. The van der Waals surface area contributed by atoms with E-state index in [9.17, 15) is 8.42 Å². The molecule has 1 aromatic heterocycles. The van der Waals surface area contributed by atoms with E-state index in [1.54, 1.807) is 24.3 Å². The lowest BCUT2D eigenvalue weighted by atomic mass is 10.3. The lowest BCUT2D eigenvalue weighted by Crippen LogP contribution is -2.16. The Morgan fingerprint density at radius 2 is 2.05 bits per heavy atom. The Morgan fingerprint density at radius 1 is 1.32 bits per heavy atom. The molecule has 0 aliphatic rings. The van der Waals surface area contributed by atoms with Crippen molar-refractivity contribution < 1.29 is 8.42 Å². The molecule has 3 N–H and O–H groups in total. The summed E-state index contributed by atoms with van der Waals surface area (Å²) >= 11 is 7.81. The third-order valence-electron chi connectivity index (χ3n) is 2.23. The fraction of sp³-hybridized carbons (Fsp3) is 0. The van der Waals surface area contributed by atoms with Gasteiger partial charge in [-0.3, -0.25) is 4.72 Å². The summed E-state index contributed by atoms with van der Waals surface area (Å²) in [5.74, 6) is 0. The van der Waals surface area contributed by atoms with Gasteiger partial charge in [-0.1, -0.05) is 11.6 Å². The maximum atomic E-state index is 12.2. The first-order valence-electron chi connectivity index (χ1n) is 5.08. The first-order valence-corrected chi connectivity index (χ1v) is 8.02. The highest BCUT2D eigenvalue weighted by Gasteiger charge is 2.19. The number of sulfonamides is 1. The van der Waals surface area contributed by atoms with Gasteiger partial charge in [-0.05, 0) is 52.9 Å². The molecule has 0 unspecified atom stereocenters. The first-order chi connectivity index (χ1) is 8.90. The van der Waals surface area contributed by atoms with Gasteiger partial charge in [-0.25, -0.2) is 4.98 Å².